The standard InChI is InChI=1S/C18H15F2N3O2S/c1-10-2-5-13(8-14(10)20)22-18-23-17(25)15(26-18)9-16(24)21-12-6-3-11(19)4-7-12/h2-8,15H,9H2,1H3,(H,21,24)(H,22,23,25)/t15-/m1/s1. The topological polar surface area (TPSA) is 70.6 Å². The van der Waals surface area contributed by atoms with Crippen molar-refractivity contribution in [2.24, 2.45) is 4.99 Å². The Balaban J connectivity index is 1.62. The number of carbonyl (C=O) groups excluding carboxylic acids is 2. The Morgan fingerprint density at radius 2 is 1.96 bits per heavy atom. The van der Waals surface area contributed by atoms with Gasteiger partial charge in [-0.1, -0.05) is 17.8 Å². The Kier molecular flexibility index (Phi) is 5.32. The number of hydrogen-bond donors (Lipinski definition) is 2. The smallest absolute Gasteiger partial charge is 0.240 e. The number of thioether (sulfide) groups is 1. The molecule has 134 valence electrons. The molecule has 1 atom stereocenters. The van der Waals surface area contributed by atoms with Crippen LogP contribution >= 0.6 is 11.8 Å². The molecule has 1 heterocycles. The molecule has 1 aliphatic rings. The highest BCUT2D eigenvalue weighted by molar-refractivity contribution is 8.15. The van der Waals surface area contributed by atoms with E-state index in [0.29, 0.717) is 22.1 Å². The average molecular weight is 375 g/mol. The largest absolute Gasteiger partial charge is 0.326 e. The zero-order valence-corrected chi connectivity index (χ0v) is 14.6. The van der Waals surface area contributed by atoms with E-state index in [4.69, 9.17) is 0 Å². The summed E-state index contributed by atoms with van der Waals surface area (Å²) in [6.07, 6.45) is -0.0604. The summed E-state index contributed by atoms with van der Waals surface area (Å²) in [6.45, 7) is 1.65. The molecule has 0 radical (unpaired) electrons. The Morgan fingerprint density at radius 3 is 2.65 bits per heavy atom. The first-order valence-electron chi connectivity index (χ1n) is 7.78. The highest BCUT2D eigenvalue weighted by Gasteiger charge is 2.32. The van der Waals surface area contributed by atoms with Crippen molar-refractivity contribution < 1.29 is 18.4 Å². The molecule has 0 spiro atoms. The molecule has 0 saturated carbocycles. The second-order valence-corrected chi connectivity index (χ2v) is 6.90. The van der Waals surface area contributed by atoms with Crippen LogP contribution in [-0.4, -0.2) is 22.2 Å². The maximum absolute atomic E-state index is 13.6. The van der Waals surface area contributed by atoms with E-state index in [1.54, 1.807) is 19.1 Å². The van der Waals surface area contributed by atoms with E-state index in [1.807, 2.05) is 0 Å². The van der Waals surface area contributed by atoms with Crippen LogP contribution in [0.15, 0.2) is 47.5 Å². The van der Waals surface area contributed by atoms with Gasteiger partial charge in [0.15, 0.2) is 5.17 Å². The second-order valence-electron chi connectivity index (χ2n) is 5.71. The van der Waals surface area contributed by atoms with E-state index in [1.165, 1.54) is 30.3 Å². The predicted molar refractivity (Wildman–Crippen MR) is 97.4 cm³/mol. The van der Waals surface area contributed by atoms with Crippen molar-refractivity contribution >= 4 is 40.1 Å². The molecule has 8 heteroatoms. The number of anilines is 1. The van der Waals surface area contributed by atoms with Crippen LogP contribution in [0.3, 0.4) is 0 Å². The summed E-state index contributed by atoms with van der Waals surface area (Å²) in [6, 6.07) is 9.87. The molecule has 3 rings (SSSR count). The van der Waals surface area contributed by atoms with Gasteiger partial charge in [-0.05, 0) is 48.9 Å². The van der Waals surface area contributed by atoms with Crippen LogP contribution in [0.1, 0.15) is 12.0 Å². The van der Waals surface area contributed by atoms with Crippen molar-refractivity contribution in [3.8, 4) is 0 Å². The molecule has 0 aromatic heterocycles. The number of aliphatic imine (C=N–C) groups is 1. The van der Waals surface area contributed by atoms with Gasteiger partial charge in [0.25, 0.3) is 0 Å². The van der Waals surface area contributed by atoms with Gasteiger partial charge >= 0.3 is 0 Å². The lowest BCUT2D eigenvalue weighted by Crippen LogP contribution is -2.28. The molecule has 1 fully saturated rings. The third-order valence-electron chi connectivity index (χ3n) is 3.66. The highest BCUT2D eigenvalue weighted by atomic mass is 32.2. The van der Waals surface area contributed by atoms with E-state index in [2.05, 4.69) is 15.6 Å². The molecule has 2 aromatic carbocycles. The molecule has 0 bridgehead atoms. The van der Waals surface area contributed by atoms with Crippen molar-refractivity contribution in [1.29, 1.82) is 0 Å². The third kappa shape index (κ3) is 4.45. The van der Waals surface area contributed by atoms with Crippen LogP contribution < -0.4 is 10.6 Å². The third-order valence-corrected chi connectivity index (χ3v) is 4.74. The quantitative estimate of drug-likeness (QED) is 0.859. The van der Waals surface area contributed by atoms with Gasteiger partial charge in [0.1, 0.15) is 16.9 Å². The van der Waals surface area contributed by atoms with Gasteiger partial charge in [-0.3, -0.25) is 9.59 Å². The average Bonchev–Trinajstić information content (AvgIpc) is 2.92. The van der Waals surface area contributed by atoms with Crippen molar-refractivity contribution in [1.82, 2.24) is 5.32 Å². The summed E-state index contributed by atoms with van der Waals surface area (Å²) in [4.78, 5) is 28.3. The number of aryl methyl sites for hydroxylation is 1. The molecule has 5 nitrogen and oxygen atoms in total. The van der Waals surface area contributed by atoms with Gasteiger partial charge in [-0.2, -0.15) is 0 Å². The summed E-state index contributed by atoms with van der Waals surface area (Å²) < 4.78 is 26.4. The molecule has 26 heavy (non-hydrogen) atoms. The lowest BCUT2D eigenvalue weighted by molar-refractivity contribution is -0.122. The van der Waals surface area contributed by atoms with E-state index >= 15 is 0 Å². The van der Waals surface area contributed by atoms with Crippen LogP contribution in [0.5, 0.6) is 0 Å². The van der Waals surface area contributed by atoms with Crippen LogP contribution in [0.25, 0.3) is 0 Å². The van der Waals surface area contributed by atoms with Crippen LogP contribution in [0, 0.1) is 18.6 Å². The molecule has 2 aromatic rings. The van der Waals surface area contributed by atoms with Crippen molar-refractivity contribution in [2.75, 3.05) is 5.32 Å². The van der Waals surface area contributed by atoms with Gasteiger partial charge in [-0.25, -0.2) is 13.8 Å². The fraction of sp³-hybridized carbons (Fsp3) is 0.167. The lowest BCUT2D eigenvalue weighted by atomic mass is 10.2. The van der Waals surface area contributed by atoms with Crippen LogP contribution in [-0.2, 0) is 9.59 Å². The van der Waals surface area contributed by atoms with Crippen LogP contribution in [0.4, 0.5) is 20.2 Å². The zero-order valence-electron chi connectivity index (χ0n) is 13.8. The molecular weight excluding hydrogens is 360 g/mol. The van der Waals surface area contributed by atoms with E-state index in [9.17, 15) is 18.4 Å². The number of nitrogens with one attached hydrogen (secondary N) is 2. The molecule has 1 saturated heterocycles. The molecule has 0 unspecified atom stereocenters. The van der Waals surface area contributed by atoms with Gasteiger partial charge in [0.05, 0.1) is 5.69 Å². The minimum absolute atomic E-state index is 0.0604. The highest BCUT2D eigenvalue weighted by Crippen LogP contribution is 2.26. The molecule has 1 aliphatic heterocycles. The maximum Gasteiger partial charge on any atom is 0.240 e. The predicted octanol–water partition coefficient (Wildman–Crippen LogP) is 3.52. The lowest BCUT2D eigenvalue weighted by Gasteiger charge is -2.07. The normalized spacial score (nSPS) is 18.0. The van der Waals surface area contributed by atoms with Crippen molar-refractivity contribution in [2.45, 2.75) is 18.6 Å². The van der Waals surface area contributed by atoms with E-state index < -0.39 is 11.1 Å². The number of halogens is 2. The number of nitrogens with zero attached hydrogens (tertiary/aromatic N) is 1. The van der Waals surface area contributed by atoms with E-state index in [0.717, 1.165) is 11.8 Å². The minimum atomic E-state index is -0.635. The maximum atomic E-state index is 13.6. The molecule has 2 N–H and O–H groups in total. The Bertz CT molecular complexity index is 885. The van der Waals surface area contributed by atoms with Gasteiger partial charge in [0, 0.05) is 12.1 Å². The Morgan fingerprint density at radius 1 is 1.23 bits per heavy atom. The number of amides is 2. The first-order chi connectivity index (χ1) is 12.4. The molecule has 0 aliphatic carbocycles. The first-order valence-corrected chi connectivity index (χ1v) is 8.66. The molecular formula is C18H15F2N3O2S. The monoisotopic (exact) mass is 375 g/mol. The minimum Gasteiger partial charge on any atom is -0.326 e. The summed E-state index contributed by atoms with van der Waals surface area (Å²) >= 11 is 1.11. The van der Waals surface area contributed by atoms with Crippen molar-refractivity contribution in [3.05, 3.63) is 59.7 Å². The fourth-order valence-electron chi connectivity index (χ4n) is 2.27. The van der Waals surface area contributed by atoms with E-state index in [-0.39, 0.29) is 24.1 Å². The summed E-state index contributed by atoms with van der Waals surface area (Å²) in [5.41, 5.74) is 1.34. The number of benzene rings is 2. The Labute approximate surface area is 152 Å². The zero-order chi connectivity index (χ0) is 18.7. The van der Waals surface area contributed by atoms with Gasteiger partial charge in [0.2, 0.25) is 11.8 Å². The van der Waals surface area contributed by atoms with Crippen LogP contribution in [0.2, 0.25) is 0 Å². The fourth-order valence-corrected chi connectivity index (χ4v) is 3.26. The first kappa shape index (κ1) is 18.1. The second kappa shape index (κ2) is 7.65. The summed E-state index contributed by atoms with van der Waals surface area (Å²) in [5.74, 6) is -1.49. The number of rotatable bonds is 4. The van der Waals surface area contributed by atoms with Crippen molar-refractivity contribution in [3.63, 3.8) is 0 Å². The molecule has 2 amide bonds. The Hall–Kier alpha value is -2.74. The van der Waals surface area contributed by atoms with Gasteiger partial charge in [-0.15, -0.1) is 0 Å². The number of amidine groups is 1. The van der Waals surface area contributed by atoms with Gasteiger partial charge < -0.3 is 10.6 Å². The number of carbonyl (C=O) groups is 2. The SMILES string of the molecule is Cc1ccc(N=C2NC(=O)[C@@H](CC(=O)Nc3ccc(F)cc3)S2)cc1F. The summed E-state index contributed by atoms with van der Waals surface area (Å²) in [5, 5.41) is 4.87. The summed E-state index contributed by atoms with van der Waals surface area (Å²) in [7, 11) is 0. The number of hydrogen-bond acceptors (Lipinski definition) is 4.